The molecule has 0 saturated carbocycles. The molecule has 4 nitrogen and oxygen atoms in total. The first-order chi connectivity index (χ1) is 9.25. The van der Waals surface area contributed by atoms with Crippen LogP contribution in [-0.2, 0) is 11.3 Å². The molecular weight excluding hydrogens is 238 g/mol. The topological polar surface area (TPSA) is 68.0 Å². The maximum atomic E-state index is 10.6. The third-order valence-electron chi connectivity index (χ3n) is 2.99. The number of carbonyl (C=O) groups is 1. The van der Waals surface area contributed by atoms with E-state index in [1.165, 1.54) is 0 Å². The first kappa shape index (κ1) is 13.5. The fourth-order valence-electron chi connectivity index (χ4n) is 1.97. The minimum absolute atomic E-state index is 0.226. The molecule has 1 heterocycles. The third kappa shape index (κ3) is 4.34. The zero-order valence-electron chi connectivity index (χ0n) is 10.9. The Morgan fingerprint density at radius 2 is 2.00 bits per heavy atom. The Bertz CT molecular complexity index is 554. The van der Waals surface area contributed by atoms with Crippen molar-refractivity contribution in [2.24, 2.45) is 5.73 Å². The molecule has 1 aromatic heterocycles. The number of nitrogens with one attached hydrogen (secondary N) is 1. The first-order valence-electron chi connectivity index (χ1n) is 6.59. The molecule has 0 aliphatic heterocycles. The number of nitrogens with two attached hydrogens (primary N) is 1. The van der Waals surface area contributed by atoms with E-state index in [1.54, 1.807) is 0 Å². The summed E-state index contributed by atoms with van der Waals surface area (Å²) in [5.41, 5.74) is 7.14. The zero-order valence-corrected chi connectivity index (χ0v) is 10.9. The minimum Gasteiger partial charge on any atom is -0.370 e. The van der Waals surface area contributed by atoms with Gasteiger partial charge in [-0.05, 0) is 31.5 Å². The predicted octanol–water partition coefficient (Wildman–Crippen LogP) is 1.98. The standard InChI is InChI=1S/C15H19N3O/c16-15(19)7-3-4-10-17-11-13-9-8-12-5-1-2-6-14(12)18-13/h1-2,5-6,8-9,17H,3-4,7,10-11H2,(H2,16,19). The molecule has 0 bridgehead atoms. The zero-order chi connectivity index (χ0) is 13.5. The largest absolute Gasteiger partial charge is 0.370 e. The van der Waals surface area contributed by atoms with E-state index in [0.717, 1.165) is 42.5 Å². The number of para-hydroxylation sites is 1. The molecule has 2 rings (SSSR count). The van der Waals surface area contributed by atoms with Crippen LogP contribution in [0.15, 0.2) is 36.4 Å². The third-order valence-corrected chi connectivity index (χ3v) is 2.99. The van der Waals surface area contributed by atoms with Crippen molar-refractivity contribution in [3.05, 3.63) is 42.1 Å². The Morgan fingerprint density at radius 1 is 1.16 bits per heavy atom. The van der Waals surface area contributed by atoms with E-state index in [9.17, 15) is 4.79 Å². The average molecular weight is 257 g/mol. The molecule has 0 atom stereocenters. The Labute approximate surface area is 113 Å². The Hall–Kier alpha value is -1.94. The van der Waals surface area contributed by atoms with E-state index in [-0.39, 0.29) is 5.91 Å². The SMILES string of the molecule is NC(=O)CCCCNCc1ccc2ccccc2n1. The lowest BCUT2D eigenvalue weighted by Crippen LogP contribution is -2.16. The second-order valence-corrected chi connectivity index (χ2v) is 4.60. The highest BCUT2D eigenvalue weighted by Gasteiger charge is 1.98. The van der Waals surface area contributed by atoms with Crippen molar-refractivity contribution in [2.45, 2.75) is 25.8 Å². The number of hydrogen-bond donors (Lipinski definition) is 2. The van der Waals surface area contributed by atoms with Crippen LogP contribution in [0, 0.1) is 0 Å². The highest BCUT2D eigenvalue weighted by Crippen LogP contribution is 2.11. The number of pyridine rings is 1. The van der Waals surface area contributed by atoms with Crippen molar-refractivity contribution in [3.8, 4) is 0 Å². The number of hydrogen-bond acceptors (Lipinski definition) is 3. The number of amides is 1. The quantitative estimate of drug-likeness (QED) is 0.745. The Morgan fingerprint density at radius 3 is 2.84 bits per heavy atom. The molecule has 0 fully saturated rings. The van der Waals surface area contributed by atoms with E-state index in [0.29, 0.717) is 6.42 Å². The van der Waals surface area contributed by atoms with Gasteiger partial charge in [0.2, 0.25) is 5.91 Å². The maximum absolute atomic E-state index is 10.6. The van der Waals surface area contributed by atoms with Crippen LogP contribution in [-0.4, -0.2) is 17.4 Å². The van der Waals surface area contributed by atoms with Gasteiger partial charge in [0.25, 0.3) is 0 Å². The van der Waals surface area contributed by atoms with Gasteiger partial charge in [0.05, 0.1) is 11.2 Å². The Balaban J connectivity index is 1.77. The van der Waals surface area contributed by atoms with Crippen molar-refractivity contribution < 1.29 is 4.79 Å². The van der Waals surface area contributed by atoms with Crippen LogP contribution in [0.1, 0.15) is 25.0 Å². The van der Waals surface area contributed by atoms with Gasteiger partial charge in [0, 0.05) is 18.4 Å². The second kappa shape index (κ2) is 6.85. The molecule has 1 aromatic carbocycles. The Kier molecular flexibility index (Phi) is 4.86. The summed E-state index contributed by atoms with van der Waals surface area (Å²) in [6.45, 7) is 1.63. The van der Waals surface area contributed by atoms with Gasteiger partial charge in [-0.1, -0.05) is 24.3 Å². The van der Waals surface area contributed by atoms with Crippen molar-refractivity contribution in [1.29, 1.82) is 0 Å². The van der Waals surface area contributed by atoms with Crippen LogP contribution in [0.4, 0.5) is 0 Å². The van der Waals surface area contributed by atoms with Gasteiger partial charge in [0.1, 0.15) is 0 Å². The molecule has 1 amide bonds. The van der Waals surface area contributed by atoms with Crippen LogP contribution in [0.5, 0.6) is 0 Å². The van der Waals surface area contributed by atoms with Crippen molar-refractivity contribution in [1.82, 2.24) is 10.3 Å². The lowest BCUT2D eigenvalue weighted by Gasteiger charge is -2.05. The fraction of sp³-hybridized carbons (Fsp3) is 0.333. The summed E-state index contributed by atoms with van der Waals surface area (Å²) in [5, 5.41) is 4.49. The van der Waals surface area contributed by atoms with E-state index in [4.69, 9.17) is 5.73 Å². The number of nitrogens with zero attached hydrogens (tertiary/aromatic N) is 1. The maximum Gasteiger partial charge on any atom is 0.217 e. The van der Waals surface area contributed by atoms with Gasteiger partial charge in [-0.15, -0.1) is 0 Å². The average Bonchev–Trinajstić information content (AvgIpc) is 2.42. The lowest BCUT2D eigenvalue weighted by molar-refractivity contribution is -0.118. The van der Waals surface area contributed by atoms with Gasteiger partial charge in [-0.3, -0.25) is 9.78 Å². The molecule has 100 valence electrons. The van der Waals surface area contributed by atoms with Gasteiger partial charge < -0.3 is 11.1 Å². The van der Waals surface area contributed by atoms with Gasteiger partial charge >= 0.3 is 0 Å². The van der Waals surface area contributed by atoms with Gasteiger partial charge in [-0.2, -0.15) is 0 Å². The number of carbonyl (C=O) groups excluding carboxylic acids is 1. The molecule has 2 aromatic rings. The molecule has 0 aliphatic rings. The molecule has 3 N–H and O–H groups in total. The van der Waals surface area contributed by atoms with E-state index < -0.39 is 0 Å². The lowest BCUT2D eigenvalue weighted by atomic mass is 10.2. The van der Waals surface area contributed by atoms with Crippen molar-refractivity contribution in [2.75, 3.05) is 6.54 Å². The van der Waals surface area contributed by atoms with Crippen molar-refractivity contribution >= 4 is 16.8 Å². The normalized spacial score (nSPS) is 10.7. The number of aromatic nitrogens is 1. The van der Waals surface area contributed by atoms with Crippen LogP contribution in [0.2, 0.25) is 0 Å². The van der Waals surface area contributed by atoms with Crippen LogP contribution in [0.25, 0.3) is 10.9 Å². The molecule has 0 unspecified atom stereocenters. The summed E-state index contributed by atoms with van der Waals surface area (Å²) in [6.07, 6.45) is 2.26. The summed E-state index contributed by atoms with van der Waals surface area (Å²) < 4.78 is 0. The predicted molar refractivity (Wildman–Crippen MR) is 76.5 cm³/mol. The van der Waals surface area contributed by atoms with E-state index >= 15 is 0 Å². The van der Waals surface area contributed by atoms with Crippen molar-refractivity contribution in [3.63, 3.8) is 0 Å². The highest BCUT2D eigenvalue weighted by atomic mass is 16.1. The summed E-state index contributed by atoms with van der Waals surface area (Å²) in [5.74, 6) is -0.226. The van der Waals surface area contributed by atoms with Gasteiger partial charge in [0.15, 0.2) is 0 Å². The van der Waals surface area contributed by atoms with E-state index in [1.807, 2.05) is 24.3 Å². The van der Waals surface area contributed by atoms with Crippen LogP contribution in [0.3, 0.4) is 0 Å². The minimum atomic E-state index is -0.226. The second-order valence-electron chi connectivity index (χ2n) is 4.60. The monoisotopic (exact) mass is 257 g/mol. The number of benzene rings is 1. The van der Waals surface area contributed by atoms with Gasteiger partial charge in [-0.25, -0.2) is 0 Å². The molecular formula is C15H19N3O. The summed E-state index contributed by atoms with van der Waals surface area (Å²) in [6, 6.07) is 12.2. The molecule has 0 spiro atoms. The van der Waals surface area contributed by atoms with E-state index in [2.05, 4.69) is 22.4 Å². The van der Waals surface area contributed by atoms with Crippen LogP contribution >= 0.6 is 0 Å². The first-order valence-corrected chi connectivity index (χ1v) is 6.59. The highest BCUT2D eigenvalue weighted by molar-refractivity contribution is 5.78. The number of primary amides is 1. The fourth-order valence-corrected chi connectivity index (χ4v) is 1.97. The van der Waals surface area contributed by atoms with Crippen LogP contribution < -0.4 is 11.1 Å². The number of rotatable bonds is 7. The molecule has 0 saturated heterocycles. The number of fused-ring (bicyclic) bond motifs is 1. The molecule has 0 aliphatic carbocycles. The smallest absolute Gasteiger partial charge is 0.217 e. The molecule has 19 heavy (non-hydrogen) atoms. The number of unbranched alkanes of at least 4 members (excludes halogenated alkanes) is 1. The molecule has 0 radical (unpaired) electrons. The summed E-state index contributed by atoms with van der Waals surface area (Å²) in [7, 11) is 0. The summed E-state index contributed by atoms with van der Waals surface area (Å²) in [4.78, 5) is 15.2. The molecule has 4 heteroatoms. The summed E-state index contributed by atoms with van der Waals surface area (Å²) >= 11 is 0.